The van der Waals surface area contributed by atoms with E-state index in [0.29, 0.717) is 0 Å². The number of aromatic nitrogens is 1. The molecular formula is C22H38N2O2. The van der Waals surface area contributed by atoms with Crippen molar-refractivity contribution in [2.24, 2.45) is 0 Å². The highest BCUT2D eigenvalue weighted by atomic mass is 16.3. The first kappa shape index (κ1) is 20.9. The van der Waals surface area contributed by atoms with Gasteiger partial charge in [-0.25, -0.2) is 0 Å². The third-order valence-electron chi connectivity index (χ3n) is 6.19. The molecule has 4 heteroatoms. The van der Waals surface area contributed by atoms with Gasteiger partial charge in [0.1, 0.15) is 0 Å². The van der Waals surface area contributed by atoms with E-state index in [0.717, 1.165) is 37.7 Å². The van der Waals surface area contributed by atoms with Crippen LogP contribution in [0.5, 0.6) is 11.8 Å². The molecule has 0 amide bonds. The number of rotatable bonds is 7. The Morgan fingerprint density at radius 2 is 1.65 bits per heavy atom. The molecule has 148 valence electrons. The minimum atomic E-state index is 0.0117. The lowest BCUT2D eigenvalue weighted by molar-refractivity contribution is -0.0282. The third kappa shape index (κ3) is 4.46. The molecule has 2 N–H and O–H groups in total. The summed E-state index contributed by atoms with van der Waals surface area (Å²) >= 11 is 0. The highest BCUT2D eigenvalue weighted by Crippen LogP contribution is 2.46. The summed E-state index contributed by atoms with van der Waals surface area (Å²) in [7, 11) is 2.17. The molecule has 0 atom stereocenters. The van der Waals surface area contributed by atoms with Gasteiger partial charge >= 0.3 is 0 Å². The Balaban J connectivity index is 2.13. The summed E-state index contributed by atoms with van der Waals surface area (Å²) in [5.41, 5.74) is 0.868. The Morgan fingerprint density at radius 1 is 1.08 bits per heavy atom. The smallest absolute Gasteiger partial charge is 0.197 e. The molecule has 0 saturated carbocycles. The van der Waals surface area contributed by atoms with Gasteiger partial charge in [-0.15, -0.1) is 0 Å². The zero-order chi connectivity index (χ0) is 19.5. The number of likely N-dealkylation sites (tertiary alicyclic amines) is 1. The summed E-state index contributed by atoms with van der Waals surface area (Å²) in [6.07, 6.45) is 11.4. The van der Waals surface area contributed by atoms with Crippen molar-refractivity contribution in [3.63, 3.8) is 0 Å². The molecule has 1 aliphatic rings. The van der Waals surface area contributed by atoms with Gasteiger partial charge in [-0.3, -0.25) is 9.47 Å². The molecule has 0 aliphatic carbocycles. The van der Waals surface area contributed by atoms with E-state index >= 15 is 0 Å². The Kier molecular flexibility index (Phi) is 6.49. The molecule has 1 aromatic rings. The van der Waals surface area contributed by atoms with Gasteiger partial charge in [0.2, 0.25) is 0 Å². The first-order valence-electron chi connectivity index (χ1n) is 10.1. The zero-order valence-electron chi connectivity index (χ0n) is 17.5. The molecule has 2 heterocycles. The van der Waals surface area contributed by atoms with Crippen LogP contribution in [-0.4, -0.2) is 37.8 Å². The summed E-state index contributed by atoms with van der Waals surface area (Å²) in [6.45, 7) is 11.1. The van der Waals surface area contributed by atoms with Crippen LogP contribution in [0.15, 0.2) is 18.2 Å². The normalized spacial score (nSPS) is 20.8. The van der Waals surface area contributed by atoms with E-state index in [1.165, 1.54) is 12.8 Å². The fraction of sp³-hybridized carbons (Fsp3) is 0.727. The van der Waals surface area contributed by atoms with Crippen molar-refractivity contribution in [1.82, 2.24) is 9.47 Å². The summed E-state index contributed by atoms with van der Waals surface area (Å²) < 4.78 is 1.76. The largest absolute Gasteiger partial charge is 0.494 e. The van der Waals surface area contributed by atoms with Gasteiger partial charge in [0, 0.05) is 28.7 Å². The van der Waals surface area contributed by atoms with Gasteiger partial charge in [0.05, 0.1) is 0 Å². The number of allylic oxidation sites excluding steroid dienone is 2. The second-order valence-electron chi connectivity index (χ2n) is 9.12. The Morgan fingerprint density at radius 3 is 2.23 bits per heavy atom. The predicted octanol–water partition coefficient (Wildman–Crippen LogP) is 5.40. The van der Waals surface area contributed by atoms with Gasteiger partial charge in [0.15, 0.2) is 11.8 Å². The third-order valence-corrected chi connectivity index (χ3v) is 6.19. The Hall–Kier alpha value is -1.42. The van der Waals surface area contributed by atoms with Crippen LogP contribution in [0.1, 0.15) is 84.7 Å². The molecule has 0 bridgehead atoms. The van der Waals surface area contributed by atoms with Gasteiger partial charge in [0.25, 0.3) is 0 Å². The number of unbranched alkanes of at least 4 members (excludes halogenated alkanes) is 2. The quantitative estimate of drug-likeness (QED) is 0.504. The lowest BCUT2D eigenvalue weighted by Gasteiger charge is -2.54. The number of hydrogen-bond acceptors (Lipinski definition) is 3. The van der Waals surface area contributed by atoms with Crippen molar-refractivity contribution in [1.29, 1.82) is 0 Å². The molecule has 0 radical (unpaired) electrons. The number of aryl methyl sites for hydroxylation is 1. The van der Waals surface area contributed by atoms with Crippen molar-refractivity contribution >= 4 is 0 Å². The SMILES string of the molecule is CCCCC=CCCc1cc(O)n(C2CC(C)(C)N(C)C(C)(C)C2)c1O. The Labute approximate surface area is 159 Å². The number of piperidine rings is 1. The predicted molar refractivity (Wildman–Crippen MR) is 109 cm³/mol. The molecule has 1 aromatic heterocycles. The van der Waals surface area contributed by atoms with Crippen LogP contribution in [0, 0.1) is 0 Å². The molecule has 26 heavy (non-hydrogen) atoms. The molecule has 2 rings (SSSR count). The average Bonchev–Trinajstić information content (AvgIpc) is 2.82. The van der Waals surface area contributed by atoms with Crippen LogP contribution in [0.4, 0.5) is 0 Å². The van der Waals surface area contributed by atoms with Crippen LogP contribution in [-0.2, 0) is 6.42 Å². The van der Waals surface area contributed by atoms with Crippen LogP contribution >= 0.6 is 0 Å². The van der Waals surface area contributed by atoms with Crippen molar-refractivity contribution in [2.45, 2.75) is 96.7 Å². The zero-order valence-corrected chi connectivity index (χ0v) is 17.5. The lowest BCUT2D eigenvalue weighted by atomic mass is 9.77. The first-order valence-corrected chi connectivity index (χ1v) is 10.1. The highest BCUT2D eigenvalue weighted by Gasteiger charge is 2.44. The van der Waals surface area contributed by atoms with E-state index in [-0.39, 0.29) is 28.9 Å². The average molecular weight is 363 g/mol. The van der Waals surface area contributed by atoms with Crippen molar-refractivity contribution in [2.75, 3.05) is 7.05 Å². The van der Waals surface area contributed by atoms with Crippen LogP contribution < -0.4 is 0 Å². The standard InChI is InChI=1S/C22H38N2O2/c1-7-8-9-10-11-12-13-17-14-19(25)24(20(17)26)18-15-21(2,3)23(6)22(4,5)16-18/h10-11,14,18,25-26H,7-9,12-13,15-16H2,1-6H3. The van der Waals surface area contributed by atoms with Crippen molar-refractivity contribution in [3.05, 3.63) is 23.8 Å². The van der Waals surface area contributed by atoms with Gasteiger partial charge in [-0.1, -0.05) is 31.9 Å². The van der Waals surface area contributed by atoms with Crippen LogP contribution in [0.3, 0.4) is 0 Å². The molecule has 0 aromatic carbocycles. The molecule has 0 spiro atoms. The van der Waals surface area contributed by atoms with E-state index in [9.17, 15) is 10.2 Å². The second-order valence-corrected chi connectivity index (χ2v) is 9.12. The first-order chi connectivity index (χ1) is 12.1. The molecule has 4 nitrogen and oxygen atoms in total. The molecule has 0 unspecified atom stereocenters. The maximum absolute atomic E-state index is 10.8. The van der Waals surface area contributed by atoms with Gasteiger partial charge in [-0.2, -0.15) is 0 Å². The number of hydrogen-bond donors (Lipinski definition) is 2. The van der Waals surface area contributed by atoms with Crippen LogP contribution in [0.25, 0.3) is 0 Å². The van der Waals surface area contributed by atoms with E-state index < -0.39 is 0 Å². The van der Waals surface area contributed by atoms with E-state index in [2.05, 4.69) is 58.7 Å². The molecular weight excluding hydrogens is 324 g/mol. The molecule has 1 fully saturated rings. The fourth-order valence-electron chi connectivity index (χ4n) is 4.39. The van der Waals surface area contributed by atoms with Crippen molar-refractivity contribution < 1.29 is 10.2 Å². The summed E-state index contributed by atoms with van der Waals surface area (Å²) in [5, 5.41) is 21.3. The maximum Gasteiger partial charge on any atom is 0.197 e. The minimum absolute atomic E-state index is 0.0117. The monoisotopic (exact) mass is 362 g/mol. The second kappa shape index (κ2) is 8.08. The molecule has 1 aliphatic heterocycles. The summed E-state index contributed by atoms with van der Waals surface area (Å²) in [6, 6.07) is 1.85. The van der Waals surface area contributed by atoms with E-state index in [4.69, 9.17) is 0 Å². The fourth-order valence-corrected chi connectivity index (χ4v) is 4.39. The Bertz CT molecular complexity index is 610. The highest BCUT2D eigenvalue weighted by molar-refractivity contribution is 5.36. The summed E-state index contributed by atoms with van der Waals surface area (Å²) in [5.74, 6) is 0.430. The molecule has 1 saturated heterocycles. The lowest BCUT2D eigenvalue weighted by Crippen LogP contribution is -2.58. The maximum atomic E-state index is 10.8. The van der Waals surface area contributed by atoms with Gasteiger partial charge in [-0.05, 0) is 66.8 Å². The topological polar surface area (TPSA) is 48.6 Å². The van der Waals surface area contributed by atoms with Crippen LogP contribution in [0.2, 0.25) is 0 Å². The van der Waals surface area contributed by atoms with Crippen molar-refractivity contribution in [3.8, 4) is 11.8 Å². The number of nitrogens with zero attached hydrogens (tertiary/aromatic N) is 2. The van der Waals surface area contributed by atoms with Gasteiger partial charge < -0.3 is 10.2 Å². The van der Waals surface area contributed by atoms with E-state index in [1.807, 2.05) is 0 Å². The summed E-state index contributed by atoms with van der Waals surface area (Å²) in [4.78, 5) is 2.41. The minimum Gasteiger partial charge on any atom is -0.494 e. The number of aromatic hydroxyl groups is 2. The van der Waals surface area contributed by atoms with E-state index in [1.54, 1.807) is 10.6 Å².